The molecule has 0 saturated heterocycles. The molecule has 2 aliphatic carbocycles. The number of carbonyl (C=O) groups is 1. The summed E-state index contributed by atoms with van der Waals surface area (Å²) in [5.74, 6) is -0.597. The summed E-state index contributed by atoms with van der Waals surface area (Å²) in [5, 5.41) is 9.11. The van der Waals surface area contributed by atoms with Crippen molar-refractivity contribution in [3.8, 4) is 0 Å². The van der Waals surface area contributed by atoms with Gasteiger partial charge in [-0.25, -0.2) is 0 Å². The van der Waals surface area contributed by atoms with E-state index < -0.39 is 11.4 Å². The van der Waals surface area contributed by atoms with E-state index in [-0.39, 0.29) is 0 Å². The van der Waals surface area contributed by atoms with Gasteiger partial charge in [0, 0.05) is 0 Å². The predicted octanol–water partition coefficient (Wildman–Crippen LogP) is 2.74. The number of carboxylic acids is 1. The maximum atomic E-state index is 11.1. The summed E-state index contributed by atoms with van der Waals surface area (Å²) in [7, 11) is 0. The van der Waals surface area contributed by atoms with Crippen LogP contribution in [0.15, 0.2) is 11.6 Å². The van der Waals surface area contributed by atoms with Gasteiger partial charge in [0.1, 0.15) is 0 Å². The Bertz CT molecular complexity index is 249. The van der Waals surface area contributed by atoms with Gasteiger partial charge in [0.25, 0.3) is 0 Å². The van der Waals surface area contributed by atoms with Crippen LogP contribution in [0.5, 0.6) is 0 Å². The molecule has 2 heteroatoms. The van der Waals surface area contributed by atoms with E-state index in [0.717, 1.165) is 25.7 Å². The molecule has 13 heavy (non-hydrogen) atoms. The zero-order valence-electron chi connectivity index (χ0n) is 7.88. The van der Waals surface area contributed by atoms with E-state index in [2.05, 4.69) is 6.08 Å². The first-order chi connectivity index (χ1) is 6.26. The summed E-state index contributed by atoms with van der Waals surface area (Å²) in [6.07, 6.45) is 9.71. The lowest BCUT2D eigenvalue weighted by Gasteiger charge is -2.13. The van der Waals surface area contributed by atoms with Crippen molar-refractivity contribution < 1.29 is 9.90 Å². The van der Waals surface area contributed by atoms with Crippen LogP contribution in [0.4, 0.5) is 0 Å². The monoisotopic (exact) mass is 180 g/mol. The van der Waals surface area contributed by atoms with Crippen LogP contribution >= 0.6 is 0 Å². The van der Waals surface area contributed by atoms with Gasteiger partial charge in [0.05, 0.1) is 5.41 Å². The van der Waals surface area contributed by atoms with Crippen molar-refractivity contribution in [3.05, 3.63) is 11.6 Å². The first kappa shape index (κ1) is 8.79. The van der Waals surface area contributed by atoms with Gasteiger partial charge in [-0.2, -0.15) is 0 Å². The van der Waals surface area contributed by atoms with E-state index in [1.165, 1.54) is 24.8 Å². The molecule has 2 rings (SSSR count). The number of hydrogen-bond acceptors (Lipinski definition) is 1. The van der Waals surface area contributed by atoms with E-state index in [1.807, 2.05) is 0 Å². The normalized spacial score (nSPS) is 26.0. The summed E-state index contributed by atoms with van der Waals surface area (Å²) < 4.78 is 0. The van der Waals surface area contributed by atoms with E-state index in [4.69, 9.17) is 5.11 Å². The summed E-state index contributed by atoms with van der Waals surface area (Å²) >= 11 is 0. The van der Waals surface area contributed by atoms with Crippen molar-refractivity contribution in [3.63, 3.8) is 0 Å². The molecular weight excluding hydrogens is 164 g/mol. The molecule has 1 fully saturated rings. The standard InChI is InChI=1S/C11H16O2/c12-10(13)11(7-8-11)9-5-3-1-2-4-6-9/h5H,1-4,6-8H2,(H,12,13). The molecule has 0 aromatic heterocycles. The third-order valence-electron chi connectivity index (χ3n) is 3.32. The van der Waals surface area contributed by atoms with E-state index in [1.54, 1.807) is 0 Å². The van der Waals surface area contributed by atoms with E-state index in [9.17, 15) is 4.79 Å². The van der Waals surface area contributed by atoms with Crippen molar-refractivity contribution in [2.45, 2.75) is 44.9 Å². The first-order valence-corrected chi connectivity index (χ1v) is 5.19. The van der Waals surface area contributed by atoms with Crippen molar-refractivity contribution in [2.24, 2.45) is 5.41 Å². The molecule has 0 aliphatic heterocycles. The van der Waals surface area contributed by atoms with Crippen LogP contribution in [0.2, 0.25) is 0 Å². The van der Waals surface area contributed by atoms with Crippen LogP contribution in [0.25, 0.3) is 0 Å². The van der Waals surface area contributed by atoms with Crippen molar-refractivity contribution in [1.29, 1.82) is 0 Å². The Morgan fingerprint density at radius 3 is 2.69 bits per heavy atom. The Balaban J connectivity index is 2.14. The lowest BCUT2D eigenvalue weighted by Crippen LogP contribution is -2.17. The van der Waals surface area contributed by atoms with Crippen LogP contribution in [0.1, 0.15) is 44.9 Å². The number of aliphatic carboxylic acids is 1. The maximum absolute atomic E-state index is 11.1. The molecule has 1 N–H and O–H groups in total. The van der Waals surface area contributed by atoms with Crippen LogP contribution in [-0.4, -0.2) is 11.1 Å². The highest BCUT2D eigenvalue weighted by Gasteiger charge is 2.52. The molecule has 0 atom stereocenters. The topological polar surface area (TPSA) is 37.3 Å². The van der Waals surface area contributed by atoms with Crippen LogP contribution in [0.3, 0.4) is 0 Å². The molecule has 0 spiro atoms. The van der Waals surface area contributed by atoms with E-state index in [0.29, 0.717) is 0 Å². The zero-order valence-corrected chi connectivity index (χ0v) is 7.88. The molecular formula is C11H16O2. The summed E-state index contributed by atoms with van der Waals surface area (Å²) in [6.45, 7) is 0. The second-order valence-corrected chi connectivity index (χ2v) is 4.22. The van der Waals surface area contributed by atoms with Crippen LogP contribution < -0.4 is 0 Å². The highest BCUT2D eigenvalue weighted by Crippen LogP contribution is 2.54. The Kier molecular flexibility index (Phi) is 2.14. The number of rotatable bonds is 2. The van der Waals surface area contributed by atoms with Gasteiger partial charge in [-0.1, -0.05) is 18.1 Å². The Labute approximate surface area is 78.6 Å². The fourth-order valence-corrected chi connectivity index (χ4v) is 2.25. The van der Waals surface area contributed by atoms with Crippen LogP contribution in [-0.2, 0) is 4.79 Å². The van der Waals surface area contributed by atoms with Crippen LogP contribution in [0, 0.1) is 5.41 Å². The Morgan fingerprint density at radius 1 is 1.31 bits per heavy atom. The van der Waals surface area contributed by atoms with E-state index >= 15 is 0 Å². The van der Waals surface area contributed by atoms with Gasteiger partial charge in [0.2, 0.25) is 0 Å². The van der Waals surface area contributed by atoms with Crippen molar-refractivity contribution in [2.75, 3.05) is 0 Å². The Morgan fingerprint density at radius 2 is 2.08 bits per heavy atom. The lowest BCUT2D eigenvalue weighted by atomic mass is 9.92. The first-order valence-electron chi connectivity index (χ1n) is 5.19. The molecule has 0 bridgehead atoms. The van der Waals surface area contributed by atoms with Gasteiger partial charge < -0.3 is 5.11 Å². The minimum atomic E-state index is -0.597. The number of hydrogen-bond donors (Lipinski definition) is 1. The quantitative estimate of drug-likeness (QED) is 0.663. The largest absolute Gasteiger partial charge is 0.481 e. The molecule has 2 aliphatic rings. The molecule has 1 saturated carbocycles. The minimum Gasteiger partial charge on any atom is -0.481 e. The summed E-state index contributed by atoms with van der Waals surface area (Å²) in [6, 6.07) is 0. The molecule has 0 unspecified atom stereocenters. The molecule has 0 heterocycles. The second-order valence-electron chi connectivity index (χ2n) is 4.22. The number of allylic oxidation sites excluding steroid dienone is 1. The third kappa shape index (κ3) is 1.50. The molecule has 0 aromatic rings. The average Bonchev–Trinajstić information content (AvgIpc) is 2.90. The van der Waals surface area contributed by atoms with Gasteiger partial charge in [-0.15, -0.1) is 0 Å². The van der Waals surface area contributed by atoms with Crippen molar-refractivity contribution in [1.82, 2.24) is 0 Å². The molecule has 0 amide bonds. The molecule has 72 valence electrons. The maximum Gasteiger partial charge on any atom is 0.313 e. The smallest absolute Gasteiger partial charge is 0.313 e. The third-order valence-corrected chi connectivity index (χ3v) is 3.32. The summed E-state index contributed by atoms with van der Waals surface area (Å²) in [5.41, 5.74) is 0.808. The fraction of sp³-hybridized carbons (Fsp3) is 0.727. The highest BCUT2D eigenvalue weighted by atomic mass is 16.4. The number of carboxylic acid groups (broad SMARTS) is 1. The van der Waals surface area contributed by atoms with Gasteiger partial charge >= 0.3 is 5.97 Å². The predicted molar refractivity (Wildman–Crippen MR) is 50.5 cm³/mol. The molecule has 2 nitrogen and oxygen atoms in total. The average molecular weight is 180 g/mol. The fourth-order valence-electron chi connectivity index (χ4n) is 2.25. The second kappa shape index (κ2) is 3.17. The Hall–Kier alpha value is -0.790. The van der Waals surface area contributed by atoms with Crippen molar-refractivity contribution >= 4 is 5.97 Å². The summed E-state index contributed by atoms with van der Waals surface area (Å²) in [4.78, 5) is 11.1. The zero-order chi connectivity index (χ0) is 9.31. The minimum absolute atomic E-state index is 0.412. The molecule has 0 aromatic carbocycles. The van der Waals surface area contributed by atoms with Gasteiger partial charge in [-0.05, 0) is 38.5 Å². The SMILES string of the molecule is O=C(O)C1(C2=CCCCCC2)CC1. The molecule has 0 radical (unpaired) electrons. The van der Waals surface area contributed by atoms with Gasteiger partial charge in [0.15, 0.2) is 0 Å². The lowest BCUT2D eigenvalue weighted by molar-refractivity contribution is -0.141. The van der Waals surface area contributed by atoms with Gasteiger partial charge in [-0.3, -0.25) is 4.79 Å². The highest BCUT2D eigenvalue weighted by molar-refractivity contribution is 5.82.